The van der Waals surface area contributed by atoms with E-state index < -0.39 is 0 Å². The summed E-state index contributed by atoms with van der Waals surface area (Å²) in [6.45, 7) is 4.72. The fourth-order valence-electron chi connectivity index (χ4n) is 1.32. The van der Waals surface area contributed by atoms with Gasteiger partial charge in [0.15, 0.2) is 5.82 Å². The van der Waals surface area contributed by atoms with Crippen molar-refractivity contribution in [2.75, 3.05) is 0 Å². The van der Waals surface area contributed by atoms with Gasteiger partial charge in [0.25, 0.3) is 0 Å². The second kappa shape index (κ2) is 4.45. The van der Waals surface area contributed by atoms with Gasteiger partial charge in [-0.1, -0.05) is 5.21 Å². The van der Waals surface area contributed by atoms with Crippen LogP contribution in [0.3, 0.4) is 0 Å². The summed E-state index contributed by atoms with van der Waals surface area (Å²) in [7, 11) is 0. The molecule has 7 heteroatoms. The second-order valence-corrected chi connectivity index (χ2v) is 4.12. The van der Waals surface area contributed by atoms with Crippen LogP contribution in [0.2, 0.25) is 0 Å². The van der Waals surface area contributed by atoms with E-state index in [1.165, 1.54) is 4.88 Å². The number of tetrazole rings is 1. The second-order valence-electron chi connectivity index (χ2n) is 3.23. The van der Waals surface area contributed by atoms with Gasteiger partial charge in [0.05, 0.1) is 17.7 Å². The van der Waals surface area contributed by atoms with E-state index in [9.17, 15) is 0 Å². The summed E-state index contributed by atoms with van der Waals surface area (Å²) in [6, 6.07) is 0.260. The van der Waals surface area contributed by atoms with E-state index in [2.05, 4.69) is 37.8 Å². The van der Waals surface area contributed by atoms with Crippen molar-refractivity contribution in [3.8, 4) is 0 Å². The molecule has 0 saturated heterocycles. The van der Waals surface area contributed by atoms with Crippen LogP contribution in [0.15, 0.2) is 5.51 Å². The molecule has 2 rings (SSSR count). The van der Waals surface area contributed by atoms with Crippen LogP contribution in [0.4, 0.5) is 0 Å². The molecule has 0 fully saturated rings. The molecule has 15 heavy (non-hydrogen) atoms. The Bertz CT molecular complexity index is 408. The van der Waals surface area contributed by atoms with Crippen molar-refractivity contribution in [3.05, 3.63) is 21.9 Å². The zero-order valence-corrected chi connectivity index (χ0v) is 9.38. The molecule has 0 spiro atoms. The zero-order valence-electron chi connectivity index (χ0n) is 8.56. The van der Waals surface area contributed by atoms with Crippen LogP contribution in [0.25, 0.3) is 0 Å². The van der Waals surface area contributed by atoms with Gasteiger partial charge < -0.3 is 5.32 Å². The third-order valence-corrected chi connectivity index (χ3v) is 3.25. The van der Waals surface area contributed by atoms with E-state index in [4.69, 9.17) is 0 Å². The first-order valence-electron chi connectivity index (χ1n) is 4.63. The molecule has 0 aliphatic heterocycles. The van der Waals surface area contributed by atoms with Crippen molar-refractivity contribution in [2.24, 2.45) is 0 Å². The minimum absolute atomic E-state index is 0.260. The van der Waals surface area contributed by atoms with Crippen LogP contribution in [0.5, 0.6) is 0 Å². The van der Waals surface area contributed by atoms with Gasteiger partial charge in [-0.05, 0) is 13.8 Å². The Morgan fingerprint density at radius 3 is 3.07 bits per heavy atom. The van der Waals surface area contributed by atoms with Crippen LogP contribution in [-0.2, 0) is 6.54 Å². The maximum Gasteiger partial charge on any atom is 0.188 e. The van der Waals surface area contributed by atoms with E-state index in [0.717, 1.165) is 5.69 Å². The average Bonchev–Trinajstić information content (AvgIpc) is 2.84. The molecule has 2 aromatic heterocycles. The molecule has 0 aliphatic rings. The predicted molar refractivity (Wildman–Crippen MR) is 56.3 cm³/mol. The smallest absolute Gasteiger partial charge is 0.188 e. The molecule has 0 aliphatic carbocycles. The Labute approximate surface area is 91.1 Å². The quantitative estimate of drug-likeness (QED) is 0.803. The summed E-state index contributed by atoms with van der Waals surface area (Å²) in [6.07, 6.45) is 0. The highest BCUT2D eigenvalue weighted by Gasteiger charge is 2.10. The van der Waals surface area contributed by atoms with Crippen molar-refractivity contribution in [1.29, 1.82) is 0 Å². The van der Waals surface area contributed by atoms with Crippen LogP contribution < -0.4 is 5.32 Å². The maximum atomic E-state index is 4.21. The van der Waals surface area contributed by atoms with Crippen molar-refractivity contribution in [2.45, 2.75) is 26.4 Å². The molecular formula is C8H12N6S. The normalized spacial score (nSPS) is 12.9. The summed E-state index contributed by atoms with van der Waals surface area (Å²) in [5, 5.41) is 17.0. The minimum Gasteiger partial charge on any atom is -0.302 e. The molecular weight excluding hydrogens is 212 g/mol. The van der Waals surface area contributed by atoms with E-state index in [0.29, 0.717) is 12.4 Å². The van der Waals surface area contributed by atoms with E-state index >= 15 is 0 Å². The molecule has 0 aromatic carbocycles. The number of thiazole rings is 1. The maximum absolute atomic E-state index is 4.21. The number of hydrogen-bond acceptors (Lipinski definition) is 6. The highest BCUT2D eigenvalue weighted by atomic mass is 32.1. The summed E-state index contributed by atoms with van der Waals surface area (Å²) in [5.74, 6) is 0.670. The number of hydrogen-bond donors (Lipinski definition) is 2. The highest BCUT2D eigenvalue weighted by Crippen LogP contribution is 2.20. The molecule has 1 unspecified atom stereocenters. The first-order chi connectivity index (χ1) is 7.27. The number of rotatable bonds is 4. The standard InChI is InChI=1S/C8H12N6S/c1-5(8-6(2)10-4-15-8)9-3-7-11-13-14-12-7/h4-5,9H,3H2,1-2H3,(H,11,12,13,14). The molecule has 0 saturated carbocycles. The number of aryl methyl sites for hydroxylation is 1. The first-order valence-corrected chi connectivity index (χ1v) is 5.51. The monoisotopic (exact) mass is 224 g/mol. The van der Waals surface area contributed by atoms with Gasteiger partial charge in [-0.3, -0.25) is 0 Å². The summed E-state index contributed by atoms with van der Waals surface area (Å²) in [4.78, 5) is 5.46. The first kappa shape index (κ1) is 10.2. The molecule has 80 valence electrons. The van der Waals surface area contributed by atoms with Crippen LogP contribution in [0, 0.1) is 6.92 Å². The molecule has 0 amide bonds. The molecule has 0 radical (unpaired) electrons. The van der Waals surface area contributed by atoms with Crippen molar-refractivity contribution in [1.82, 2.24) is 30.9 Å². The van der Waals surface area contributed by atoms with Gasteiger partial charge in [-0.15, -0.1) is 21.5 Å². The minimum atomic E-state index is 0.260. The molecule has 2 heterocycles. The summed E-state index contributed by atoms with van der Waals surface area (Å²) in [5.41, 5.74) is 2.94. The SMILES string of the molecule is Cc1ncsc1C(C)NCc1nn[nH]n1. The molecule has 0 bridgehead atoms. The number of H-pyrrole nitrogens is 1. The van der Waals surface area contributed by atoms with Gasteiger partial charge in [-0.2, -0.15) is 5.21 Å². The Kier molecular flexibility index (Phi) is 3.02. The van der Waals surface area contributed by atoms with Gasteiger partial charge in [-0.25, -0.2) is 4.98 Å². The van der Waals surface area contributed by atoms with Gasteiger partial charge in [0.1, 0.15) is 0 Å². The average molecular weight is 224 g/mol. The van der Waals surface area contributed by atoms with E-state index in [1.54, 1.807) is 11.3 Å². The summed E-state index contributed by atoms with van der Waals surface area (Å²) < 4.78 is 0. The van der Waals surface area contributed by atoms with Gasteiger partial charge >= 0.3 is 0 Å². The number of nitrogens with zero attached hydrogens (tertiary/aromatic N) is 4. The molecule has 2 N–H and O–H groups in total. The predicted octanol–water partition coefficient (Wildman–Crippen LogP) is 0.815. The largest absolute Gasteiger partial charge is 0.302 e. The van der Waals surface area contributed by atoms with Crippen LogP contribution >= 0.6 is 11.3 Å². The number of nitrogens with one attached hydrogen (secondary N) is 2. The summed E-state index contributed by atoms with van der Waals surface area (Å²) >= 11 is 1.66. The number of aromatic amines is 1. The third kappa shape index (κ3) is 2.37. The number of aromatic nitrogens is 5. The van der Waals surface area contributed by atoms with Crippen molar-refractivity contribution in [3.63, 3.8) is 0 Å². The third-order valence-electron chi connectivity index (χ3n) is 2.13. The lowest BCUT2D eigenvalue weighted by Gasteiger charge is -2.10. The fraction of sp³-hybridized carbons (Fsp3) is 0.500. The fourth-order valence-corrected chi connectivity index (χ4v) is 2.16. The van der Waals surface area contributed by atoms with E-state index in [-0.39, 0.29) is 6.04 Å². The Morgan fingerprint density at radius 1 is 1.60 bits per heavy atom. The lowest BCUT2D eigenvalue weighted by atomic mass is 10.2. The Balaban J connectivity index is 1.93. The van der Waals surface area contributed by atoms with Crippen LogP contribution in [-0.4, -0.2) is 25.6 Å². The lowest BCUT2D eigenvalue weighted by Crippen LogP contribution is -2.18. The van der Waals surface area contributed by atoms with Gasteiger partial charge in [0, 0.05) is 10.9 Å². The van der Waals surface area contributed by atoms with Crippen molar-refractivity contribution >= 4 is 11.3 Å². The molecule has 2 aromatic rings. The van der Waals surface area contributed by atoms with Gasteiger partial charge in [0.2, 0.25) is 0 Å². The Hall–Kier alpha value is -1.34. The molecule has 6 nitrogen and oxygen atoms in total. The highest BCUT2D eigenvalue weighted by molar-refractivity contribution is 7.09. The topological polar surface area (TPSA) is 79.4 Å². The Morgan fingerprint density at radius 2 is 2.47 bits per heavy atom. The zero-order chi connectivity index (χ0) is 10.7. The lowest BCUT2D eigenvalue weighted by molar-refractivity contribution is 0.564. The molecule has 1 atom stereocenters. The van der Waals surface area contributed by atoms with Crippen LogP contribution in [0.1, 0.15) is 29.4 Å². The van der Waals surface area contributed by atoms with Crippen molar-refractivity contribution < 1.29 is 0 Å². The van der Waals surface area contributed by atoms with E-state index in [1.807, 2.05) is 12.4 Å².